The van der Waals surface area contributed by atoms with Crippen LogP contribution in [-0.4, -0.2) is 42.6 Å². The Labute approximate surface area is 177 Å². The van der Waals surface area contributed by atoms with E-state index >= 15 is 0 Å². The van der Waals surface area contributed by atoms with Gasteiger partial charge in [0.1, 0.15) is 5.75 Å². The Morgan fingerprint density at radius 1 is 1.10 bits per heavy atom. The Bertz CT molecular complexity index is 751. The Hall–Kier alpha value is -1.31. The molecule has 0 radical (unpaired) electrons. The van der Waals surface area contributed by atoms with E-state index in [2.05, 4.69) is 19.6 Å². The number of phenolic OH excluding ortho intramolecular Hbond substituents is 1. The minimum Gasteiger partial charge on any atom is -0.507 e. The van der Waals surface area contributed by atoms with Crippen molar-refractivity contribution in [1.29, 1.82) is 0 Å². The highest BCUT2D eigenvalue weighted by molar-refractivity contribution is 6.76. The number of carboxylic acids is 1. The summed E-state index contributed by atoms with van der Waals surface area (Å²) in [6.45, 7) is 16.8. The van der Waals surface area contributed by atoms with Crippen LogP contribution in [0.15, 0.2) is 6.07 Å². The lowest BCUT2D eigenvalue weighted by Crippen LogP contribution is -2.41. The second kappa shape index (κ2) is 8.44. The zero-order valence-corrected chi connectivity index (χ0v) is 20.3. The van der Waals surface area contributed by atoms with Gasteiger partial charge in [-0.25, -0.2) is 4.79 Å². The molecule has 0 unspecified atom stereocenters. The maximum absolute atomic E-state index is 11.6. The topological polar surface area (TPSA) is 76.0 Å². The molecule has 5 nitrogen and oxygen atoms in total. The fourth-order valence-corrected chi connectivity index (χ4v) is 4.66. The highest BCUT2D eigenvalue weighted by Crippen LogP contribution is 2.38. The number of hydrogen-bond donors (Lipinski definition) is 2. The summed E-state index contributed by atoms with van der Waals surface area (Å²) in [5, 5.41) is 20.3. The first-order valence-electron chi connectivity index (χ1n) is 10.6. The van der Waals surface area contributed by atoms with Crippen LogP contribution < -0.4 is 0 Å². The van der Waals surface area contributed by atoms with Crippen molar-refractivity contribution >= 4 is 21.2 Å². The van der Waals surface area contributed by atoms with Crippen LogP contribution in [0.1, 0.15) is 61.2 Å². The molecule has 0 amide bonds. The lowest BCUT2D eigenvalue weighted by Gasteiger charge is -2.32. The van der Waals surface area contributed by atoms with Gasteiger partial charge in [0.15, 0.2) is 0 Å². The fraction of sp³-hybridized carbons (Fsp3) is 0.682. The summed E-state index contributed by atoms with van der Waals surface area (Å²) in [5.74, 6) is -0.861. The van der Waals surface area contributed by atoms with E-state index in [0.717, 1.165) is 36.3 Å². The molecule has 7 heteroatoms. The molecule has 1 aromatic carbocycles. The highest BCUT2D eigenvalue weighted by Gasteiger charge is 2.50. The number of benzene rings is 1. The van der Waals surface area contributed by atoms with Crippen LogP contribution >= 0.6 is 0 Å². The van der Waals surface area contributed by atoms with Crippen LogP contribution in [0.5, 0.6) is 5.75 Å². The average molecular weight is 420 g/mol. The molecule has 0 aromatic heterocycles. The fourth-order valence-electron chi connectivity index (χ4n) is 3.64. The number of hydrogen-bond acceptors (Lipinski definition) is 4. The number of carboxylic acid groups (broad SMARTS) is 1. The van der Waals surface area contributed by atoms with Gasteiger partial charge in [-0.3, -0.25) is 0 Å². The maximum Gasteiger partial charge on any atom is 0.457 e. The standard InChI is InChI=1S/C22H37BO5Si/c1-15-18(20(25)26)14-16(11-13-29(6,7)8)17(19(15)24)10-9-12-23-27-21(2,3)22(4,5)28-23/h14,24H,9-13H2,1-8H3,(H,25,26). The van der Waals surface area contributed by atoms with Gasteiger partial charge in [0.25, 0.3) is 0 Å². The van der Waals surface area contributed by atoms with Crippen LogP contribution in [-0.2, 0) is 22.2 Å². The maximum atomic E-state index is 11.6. The van der Waals surface area contributed by atoms with Gasteiger partial charge < -0.3 is 19.5 Å². The molecule has 0 aliphatic carbocycles. The molecule has 0 spiro atoms. The van der Waals surface area contributed by atoms with Crippen molar-refractivity contribution in [2.24, 2.45) is 0 Å². The first-order chi connectivity index (χ1) is 13.1. The molecule has 1 aliphatic heterocycles. The zero-order chi connectivity index (χ0) is 22.2. The summed E-state index contributed by atoms with van der Waals surface area (Å²) >= 11 is 0. The quantitative estimate of drug-likeness (QED) is 0.558. The lowest BCUT2D eigenvalue weighted by atomic mass is 9.81. The first kappa shape index (κ1) is 24.0. The number of aryl methyl sites for hydroxylation is 1. The van der Waals surface area contributed by atoms with Gasteiger partial charge >= 0.3 is 13.1 Å². The summed E-state index contributed by atoms with van der Waals surface area (Å²) in [5.41, 5.74) is 1.79. The summed E-state index contributed by atoms with van der Waals surface area (Å²) < 4.78 is 12.1. The largest absolute Gasteiger partial charge is 0.507 e. The Morgan fingerprint density at radius 2 is 1.66 bits per heavy atom. The van der Waals surface area contributed by atoms with Crippen molar-refractivity contribution in [3.8, 4) is 5.75 Å². The van der Waals surface area contributed by atoms with Gasteiger partial charge in [0, 0.05) is 13.6 Å². The van der Waals surface area contributed by atoms with Crippen molar-refractivity contribution < 1.29 is 24.3 Å². The molecule has 1 fully saturated rings. The number of aromatic carboxylic acids is 1. The molecule has 29 heavy (non-hydrogen) atoms. The molecule has 1 aliphatic rings. The molecule has 1 saturated heterocycles. The molecule has 2 rings (SSSR count). The third-order valence-electron chi connectivity index (χ3n) is 6.29. The first-order valence-corrected chi connectivity index (χ1v) is 14.3. The van der Waals surface area contributed by atoms with E-state index in [-0.39, 0.29) is 29.6 Å². The molecular formula is C22H37BO5Si. The zero-order valence-electron chi connectivity index (χ0n) is 19.3. The second-order valence-electron chi connectivity index (χ2n) is 10.5. The highest BCUT2D eigenvalue weighted by atomic mass is 28.3. The molecule has 0 atom stereocenters. The number of carbonyl (C=O) groups is 1. The third kappa shape index (κ3) is 5.65. The number of aromatic hydroxyl groups is 1. The molecule has 1 aromatic rings. The van der Waals surface area contributed by atoms with Crippen molar-refractivity contribution in [2.75, 3.05) is 0 Å². The minimum absolute atomic E-state index is 0.129. The van der Waals surface area contributed by atoms with Gasteiger partial charge in [0.05, 0.1) is 16.8 Å². The van der Waals surface area contributed by atoms with Crippen LogP contribution in [0, 0.1) is 6.92 Å². The molecule has 1 heterocycles. The van der Waals surface area contributed by atoms with Crippen LogP contribution in [0.2, 0.25) is 32.0 Å². The number of rotatable bonds is 8. The van der Waals surface area contributed by atoms with Crippen LogP contribution in [0.3, 0.4) is 0 Å². The van der Waals surface area contributed by atoms with Gasteiger partial charge in [0.2, 0.25) is 0 Å². The SMILES string of the molecule is Cc1c(C(=O)O)cc(CC[Si](C)(C)C)c(CCCB2OC(C)(C)C(C)(C)O2)c1O. The molecule has 0 saturated carbocycles. The normalized spacial score (nSPS) is 18.3. The Kier molecular flexibility index (Phi) is 6.97. The van der Waals surface area contributed by atoms with E-state index < -0.39 is 14.0 Å². The van der Waals surface area contributed by atoms with Crippen LogP contribution in [0.25, 0.3) is 0 Å². The molecular weight excluding hydrogens is 383 g/mol. The summed E-state index contributed by atoms with van der Waals surface area (Å²) in [6.07, 6.45) is 3.02. The molecule has 0 bridgehead atoms. The van der Waals surface area contributed by atoms with E-state index in [1.807, 2.05) is 27.7 Å². The van der Waals surface area contributed by atoms with E-state index in [4.69, 9.17) is 9.31 Å². The van der Waals surface area contributed by atoms with Crippen molar-refractivity contribution in [1.82, 2.24) is 0 Å². The van der Waals surface area contributed by atoms with Gasteiger partial charge in [-0.05, 0) is 71.0 Å². The number of phenols is 1. The predicted molar refractivity (Wildman–Crippen MR) is 121 cm³/mol. The summed E-state index contributed by atoms with van der Waals surface area (Å²) in [4.78, 5) is 11.6. The Balaban J connectivity index is 2.18. The minimum atomic E-state index is -1.29. The lowest BCUT2D eigenvalue weighted by molar-refractivity contribution is 0.00578. The van der Waals surface area contributed by atoms with Crippen molar-refractivity contribution in [3.05, 3.63) is 28.3 Å². The predicted octanol–water partition coefficient (Wildman–Crippen LogP) is 5.30. The second-order valence-corrected chi connectivity index (χ2v) is 16.1. The van der Waals surface area contributed by atoms with Crippen molar-refractivity contribution in [3.63, 3.8) is 0 Å². The van der Waals surface area contributed by atoms with Crippen molar-refractivity contribution in [2.45, 2.75) is 97.1 Å². The van der Waals surface area contributed by atoms with E-state index in [0.29, 0.717) is 12.0 Å². The van der Waals surface area contributed by atoms with E-state index in [9.17, 15) is 15.0 Å². The summed E-state index contributed by atoms with van der Waals surface area (Å²) in [7, 11) is -1.55. The smallest absolute Gasteiger partial charge is 0.457 e. The van der Waals surface area contributed by atoms with E-state index in [1.54, 1.807) is 13.0 Å². The van der Waals surface area contributed by atoms with Gasteiger partial charge in [-0.2, -0.15) is 0 Å². The third-order valence-corrected chi connectivity index (χ3v) is 8.04. The van der Waals surface area contributed by atoms with Gasteiger partial charge in [-0.15, -0.1) is 0 Å². The molecule has 2 N–H and O–H groups in total. The summed E-state index contributed by atoms with van der Waals surface area (Å²) in [6, 6.07) is 2.82. The van der Waals surface area contributed by atoms with E-state index in [1.165, 1.54) is 0 Å². The van der Waals surface area contributed by atoms with Gasteiger partial charge in [-0.1, -0.05) is 32.1 Å². The average Bonchev–Trinajstić information content (AvgIpc) is 2.76. The Morgan fingerprint density at radius 3 is 2.14 bits per heavy atom. The monoisotopic (exact) mass is 420 g/mol. The molecule has 162 valence electrons. The van der Waals surface area contributed by atoms with Crippen LogP contribution in [0.4, 0.5) is 0 Å².